The zero-order valence-electron chi connectivity index (χ0n) is 21.9. The molecule has 0 aliphatic carbocycles. The normalized spacial score (nSPS) is 20.5. The number of carbonyl (C=O) groups excluding carboxylic acids is 1. The summed E-state index contributed by atoms with van der Waals surface area (Å²) in [7, 11) is 0. The van der Waals surface area contributed by atoms with Crippen molar-refractivity contribution < 1.29 is 9.53 Å². The quantitative estimate of drug-likeness (QED) is 0.321. The Bertz CT molecular complexity index is 731. The van der Waals surface area contributed by atoms with Crippen molar-refractivity contribution in [2.24, 2.45) is 0 Å². The van der Waals surface area contributed by atoms with E-state index in [-0.39, 0.29) is 18.2 Å². The number of piperazine rings is 1. The number of anilines is 1. The average molecular weight is 565 g/mol. The molecule has 0 saturated carbocycles. The van der Waals surface area contributed by atoms with Gasteiger partial charge in [-0.15, -0.1) is 0 Å². The zero-order valence-corrected chi connectivity index (χ0v) is 24.8. The Labute approximate surface area is 205 Å². The number of hydrogen-bond donors (Lipinski definition) is 0. The summed E-state index contributed by atoms with van der Waals surface area (Å²) in [5.74, 6) is 0.971. The number of fused-ring (bicyclic) bond motifs is 2. The molecule has 0 aromatic carbocycles. The maximum atomic E-state index is 12.6. The van der Waals surface area contributed by atoms with Crippen molar-refractivity contribution in [3.05, 3.63) is 12.4 Å². The molecule has 7 heteroatoms. The number of hydrogen-bond acceptors (Lipinski definition) is 5. The summed E-state index contributed by atoms with van der Waals surface area (Å²) in [6.45, 7) is 14.4. The van der Waals surface area contributed by atoms with Gasteiger partial charge >= 0.3 is 206 Å². The molecule has 1 aromatic rings. The van der Waals surface area contributed by atoms with Crippen LogP contribution in [0.5, 0.6) is 0 Å². The van der Waals surface area contributed by atoms with E-state index in [9.17, 15) is 4.79 Å². The van der Waals surface area contributed by atoms with Crippen LogP contribution in [0.1, 0.15) is 86.5 Å². The second-order valence-electron chi connectivity index (χ2n) is 11.2. The van der Waals surface area contributed by atoms with Gasteiger partial charge in [0.05, 0.1) is 0 Å². The van der Waals surface area contributed by atoms with Gasteiger partial charge in [0.25, 0.3) is 0 Å². The number of nitrogens with zero attached hydrogens (tertiary/aromatic N) is 4. The minimum atomic E-state index is -2.53. The molecule has 186 valence electrons. The molecule has 0 N–H and O–H groups in total. The van der Waals surface area contributed by atoms with Crippen molar-refractivity contribution in [3.63, 3.8) is 0 Å². The van der Waals surface area contributed by atoms with Gasteiger partial charge in [0.15, 0.2) is 0 Å². The first-order valence-corrected chi connectivity index (χ1v) is 20.8. The van der Waals surface area contributed by atoms with Gasteiger partial charge < -0.3 is 0 Å². The Morgan fingerprint density at radius 2 is 1.52 bits per heavy atom. The first-order valence-electron chi connectivity index (χ1n) is 13.3. The molecule has 3 saturated heterocycles. The van der Waals surface area contributed by atoms with E-state index in [2.05, 4.69) is 31.9 Å². The first kappa shape index (κ1) is 26.6. The topological polar surface area (TPSA) is 58.6 Å². The molecule has 1 aromatic heterocycles. The van der Waals surface area contributed by atoms with Gasteiger partial charge in [0, 0.05) is 0 Å². The molecule has 2 atom stereocenters. The van der Waals surface area contributed by atoms with E-state index < -0.39 is 24.0 Å². The van der Waals surface area contributed by atoms with Crippen molar-refractivity contribution in [1.82, 2.24) is 14.9 Å². The van der Waals surface area contributed by atoms with Crippen LogP contribution in [-0.4, -0.2) is 70.1 Å². The van der Waals surface area contributed by atoms with Crippen molar-refractivity contribution in [2.45, 2.75) is 117 Å². The molecular formula is C26H46N4O2Sn. The third-order valence-corrected chi connectivity index (χ3v) is 22.4. The molecule has 1 amide bonds. The summed E-state index contributed by atoms with van der Waals surface area (Å²) in [6, 6.07) is 0.439. The molecule has 6 nitrogen and oxygen atoms in total. The van der Waals surface area contributed by atoms with Gasteiger partial charge in [-0.1, -0.05) is 0 Å². The van der Waals surface area contributed by atoms with Crippen molar-refractivity contribution in [3.8, 4) is 0 Å². The van der Waals surface area contributed by atoms with Crippen LogP contribution in [0.25, 0.3) is 0 Å². The first-order chi connectivity index (χ1) is 15.7. The number of piperidine rings is 1. The second kappa shape index (κ2) is 11.6. The zero-order chi connectivity index (χ0) is 24.1. The second-order valence-corrected chi connectivity index (χ2v) is 24.2. The molecule has 4 rings (SSSR count). The Kier molecular flexibility index (Phi) is 9.32. The van der Waals surface area contributed by atoms with Crippen LogP contribution in [0.4, 0.5) is 10.6 Å². The van der Waals surface area contributed by atoms with Crippen molar-refractivity contribution in [2.75, 3.05) is 18.0 Å². The third-order valence-electron chi connectivity index (χ3n) is 7.33. The number of unbranched alkanes of at least 4 members (excludes halogenated alkanes) is 3. The van der Waals surface area contributed by atoms with Crippen LogP contribution in [0, 0.1) is 0 Å². The summed E-state index contributed by atoms with van der Waals surface area (Å²) in [5, 5.41) is 0. The third kappa shape index (κ3) is 6.55. The molecule has 0 spiro atoms. The van der Waals surface area contributed by atoms with E-state index in [1.165, 1.54) is 55.5 Å². The van der Waals surface area contributed by atoms with Crippen LogP contribution >= 0.6 is 0 Å². The van der Waals surface area contributed by atoms with Crippen molar-refractivity contribution in [1.29, 1.82) is 0 Å². The summed E-state index contributed by atoms with van der Waals surface area (Å²) in [5.41, 5.74) is -0.451. The number of aromatic nitrogens is 2. The van der Waals surface area contributed by atoms with Gasteiger partial charge in [-0.3, -0.25) is 0 Å². The molecule has 2 bridgehead atoms. The van der Waals surface area contributed by atoms with Gasteiger partial charge in [0.1, 0.15) is 0 Å². The van der Waals surface area contributed by atoms with E-state index in [4.69, 9.17) is 14.7 Å². The Morgan fingerprint density at radius 3 is 1.94 bits per heavy atom. The number of amides is 1. The average Bonchev–Trinajstić information content (AvgIpc) is 2.78. The van der Waals surface area contributed by atoms with Gasteiger partial charge in [-0.2, -0.15) is 0 Å². The Morgan fingerprint density at radius 1 is 0.970 bits per heavy atom. The minimum absolute atomic E-state index is 0.175. The standard InChI is InChI=1S/C14H19N4O2.3C4H9.Sn/c1-14(2,3)20-13(19)18-10-6-11(18)9-17(8-10)12-7-15-4-5-16-12;3*1-3-4-2;/h5,7,10-11H,6,8-9H2,1-3H3;3*1,3-4H2,2H3;. The molecule has 33 heavy (non-hydrogen) atoms. The summed E-state index contributed by atoms with van der Waals surface area (Å²) in [4.78, 5) is 26.9. The SMILES string of the molecule is CCC[CH2][Sn]([CH2]CCC)([CH2]CCC)[c]1cnc(N2CC3CC(C2)N3C(=O)OC(C)(C)C)cn1. The van der Waals surface area contributed by atoms with Crippen LogP contribution in [-0.2, 0) is 4.74 Å². The van der Waals surface area contributed by atoms with Crippen LogP contribution < -0.4 is 8.61 Å². The number of carbonyl (C=O) groups is 1. The van der Waals surface area contributed by atoms with E-state index in [0.717, 1.165) is 25.3 Å². The molecule has 3 fully saturated rings. The monoisotopic (exact) mass is 566 g/mol. The van der Waals surface area contributed by atoms with E-state index in [0.29, 0.717) is 0 Å². The molecule has 0 radical (unpaired) electrons. The number of ether oxygens (including phenoxy) is 1. The molecule has 3 aliphatic rings. The van der Waals surface area contributed by atoms with Gasteiger partial charge in [0.2, 0.25) is 0 Å². The maximum absolute atomic E-state index is 12.6. The van der Waals surface area contributed by atoms with Gasteiger partial charge in [-0.25, -0.2) is 0 Å². The Balaban J connectivity index is 1.70. The molecule has 2 unspecified atom stereocenters. The summed E-state index contributed by atoms with van der Waals surface area (Å²) >= 11 is -2.53. The fraction of sp³-hybridized carbons (Fsp3) is 0.808. The van der Waals surface area contributed by atoms with E-state index >= 15 is 0 Å². The Hall–Kier alpha value is -1.05. The van der Waals surface area contributed by atoms with Crippen molar-refractivity contribution >= 4 is 34.0 Å². The van der Waals surface area contributed by atoms with Crippen LogP contribution in [0.3, 0.4) is 0 Å². The fourth-order valence-electron chi connectivity index (χ4n) is 5.47. The number of rotatable bonds is 11. The molecule has 3 aliphatic heterocycles. The molecular weight excluding hydrogens is 519 g/mol. The fourth-order valence-corrected chi connectivity index (χ4v) is 20.6. The van der Waals surface area contributed by atoms with Crippen LogP contribution in [0.15, 0.2) is 12.4 Å². The molecule has 4 heterocycles. The van der Waals surface area contributed by atoms with Gasteiger partial charge in [-0.05, 0) is 0 Å². The summed E-state index contributed by atoms with van der Waals surface area (Å²) < 4.78 is 11.2. The van der Waals surface area contributed by atoms with E-state index in [1.807, 2.05) is 31.9 Å². The van der Waals surface area contributed by atoms with E-state index in [1.54, 1.807) is 0 Å². The predicted octanol–water partition coefficient (Wildman–Crippen LogP) is 5.73. The predicted molar refractivity (Wildman–Crippen MR) is 139 cm³/mol. The van der Waals surface area contributed by atoms with Crippen LogP contribution in [0.2, 0.25) is 13.3 Å². The summed E-state index contributed by atoms with van der Waals surface area (Å²) in [6.07, 6.45) is 12.9.